The molecule has 1 saturated carbocycles. The normalized spacial score (nSPS) is 15.4. The van der Waals surface area contributed by atoms with E-state index in [1.807, 2.05) is 29.2 Å². The Kier molecular flexibility index (Phi) is 5.82. The first kappa shape index (κ1) is 19.4. The maximum atomic E-state index is 12.5. The van der Waals surface area contributed by atoms with Gasteiger partial charge in [0.2, 0.25) is 5.91 Å². The van der Waals surface area contributed by atoms with Gasteiger partial charge in [0, 0.05) is 56.0 Å². The van der Waals surface area contributed by atoms with Crippen LogP contribution in [-0.4, -0.2) is 39.5 Å². The van der Waals surface area contributed by atoms with Gasteiger partial charge in [-0.25, -0.2) is 0 Å². The first-order chi connectivity index (χ1) is 12.6. The molecule has 7 nitrogen and oxygen atoms in total. The van der Waals surface area contributed by atoms with Crippen LogP contribution in [0.25, 0.3) is 0 Å². The fraction of sp³-hybridized carbons (Fsp3) is 0.421. The summed E-state index contributed by atoms with van der Waals surface area (Å²) in [6, 6.07) is 8.04. The second-order valence-corrected chi connectivity index (χ2v) is 6.99. The number of nitrogens with zero attached hydrogens (tertiary/aromatic N) is 2. The number of hydrogen-bond acceptors (Lipinski definition) is 4. The van der Waals surface area contributed by atoms with Crippen molar-refractivity contribution in [2.45, 2.75) is 45.3 Å². The van der Waals surface area contributed by atoms with Crippen molar-refractivity contribution in [3.63, 3.8) is 0 Å². The number of nitrogens with one attached hydrogen (secondary N) is 3. The Morgan fingerprint density at radius 3 is 2.67 bits per heavy atom. The number of anilines is 1. The lowest BCUT2D eigenvalue weighted by molar-refractivity contribution is -0.130. The van der Waals surface area contributed by atoms with Gasteiger partial charge in [-0.15, -0.1) is 12.4 Å². The minimum Gasteiger partial charge on any atom is -0.336 e. The Labute approximate surface area is 164 Å². The van der Waals surface area contributed by atoms with Gasteiger partial charge >= 0.3 is 0 Å². The molecule has 0 bridgehead atoms. The molecular weight excluding hydrogens is 366 g/mol. The fourth-order valence-electron chi connectivity index (χ4n) is 3.38. The van der Waals surface area contributed by atoms with Crippen LogP contribution in [0.5, 0.6) is 0 Å². The van der Waals surface area contributed by atoms with Crippen molar-refractivity contribution < 1.29 is 9.59 Å². The lowest BCUT2D eigenvalue weighted by Gasteiger charge is -2.20. The molecule has 3 N–H and O–H groups in total. The van der Waals surface area contributed by atoms with Crippen molar-refractivity contribution in [1.82, 2.24) is 20.4 Å². The molecule has 1 aromatic heterocycles. The molecule has 0 atom stereocenters. The van der Waals surface area contributed by atoms with Crippen LogP contribution in [0.3, 0.4) is 0 Å². The number of amides is 2. The fourth-order valence-corrected chi connectivity index (χ4v) is 3.38. The molecule has 2 aliphatic rings. The third-order valence-electron chi connectivity index (χ3n) is 4.98. The summed E-state index contributed by atoms with van der Waals surface area (Å²) in [4.78, 5) is 26.2. The Balaban J connectivity index is 0.00000210. The quantitative estimate of drug-likeness (QED) is 0.731. The number of fused-ring (bicyclic) bond motifs is 1. The summed E-state index contributed by atoms with van der Waals surface area (Å²) >= 11 is 0. The number of H-pyrrole nitrogens is 1. The highest BCUT2D eigenvalue weighted by molar-refractivity contribution is 6.04. The third-order valence-corrected chi connectivity index (χ3v) is 4.98. The number of rotatable bonds is 5. The number of aromatic nitrogens is 2. The van der Waals surface area contributed by atoms with Gasteiger partial charge in [0.25, 0.3) is 5.91 Å². The summed E-state index contributed by atoms with van der Waals surface area (Å²) in [5.74, 6) is -0.0934. The number of aromatic amines is 1. The summed E-state index contributed by atoms with van der Waals surface area (Å²) in [5.41, 5.74) is 4.22. The van der Waals surface area contributed by atoms with Crippen molar-refractivity contribution in [1.29, 1.82) is 0 Å². The number of benzene rings is 1. The predicted molar refractivity (Wildman–Crippen MR) is 105 cm³/mol. The molecule has 1 aliphatic carbocycles. The van der Waals surface area contributed by atoms with Gasteiger partial charge in [-0.05, 0) is 30.5 Å². The summed E-state index contributed by atoms with van der Waals surface area (Å²) < 4.78 is 0. The summed E-state index contributed by atoms with van der Waals surface area (Å²) in [5, 5.41) is 13.3. The highest BCUT2D eigenvalue weighted by Crippen LogP contribution is 2.28. The van der Waals surface area contributed by atoms with E-state index >= 15 is 0 Å². The van der Waals surface area contributed by atoms with Crippen molar-refractivity contribution in [3.8, 4) is 0 Å². The second kappa shape index (κ2) is 8.10. The lowest BCUT2D eigenvalue weighted by Crippen LogP contribution is -2.30. The topological polar surface area (TPSA) is 90.1 Å². The lowest BCUT2D eigenvalue weighted by atomic mass is 10.1. The Morgan fingerprint density at radius 1 is 1.26 bits per heavy atom. The maximum absolute atomic E-state index is 12.5. The highest BCUT2D eigenvalue weighted by atomic mass is 35.5. The Morgan fingerprint density at radius 2 is 2.00 bits per heavy atom. The molecule has 27 heavy (non-hydrogen) atoms. The molecule has 1 aliphatic heterocycles. The SMILES string of the molecule is CC(=O)N(Cc1ccc(NC(=O)c2n[nH]c3c2CNCC3)cc1)C1CC1.Cl. The van der Waals surface area contributed by atoms with Crippen molar-refractivity contribution >= 4 is 29.9 Å². The van der Waals surface area contributed by atoms with Gasteiger partial charge in [-0.2, -0.15) is 5.10 Å². The smallest absolute Gasteiger partial charge is 0.276 e. The molecule has 8 heteroatoms. The van der Waals surface area contributed by atoms with Crippen molar-refractivity contribution in [3.05, 3.63) is 46.8 Å². The van der Waals surface area contributed by atoms with Gasteiger partial charge in [0.05, 0.1) is 0 Å². The molecule has 2 aromatic rings. The zero-order valence-electron chi connectivity index (χ0n) is 15.2. The molecule has 2 amide bonds. The van der Waals surface area contributed by atoms with E-state index in [9.17, 15) is 9.59 Å². The number of carbonyl (C=O) groups is 2. The predicted octanol–water partition coefficient (Wildman–Crippen LogP) is 2.24. The van der Waals surface area contributed by atoms with E-state index < -0.39 is 0 Å². The first-order valence-electron chi connectivity index (χ1n) is 9.06. The number of halogens is 1. The van der Waals surface area contributed by atoms with Crippen LogP contribution in [0.2, 0.25) is 0 Å². The first-order valence-corrected chi connectivity index (χ1v) is 9.06. The van der Waals surface area contributed by atoms with Gasteiger partial charge < -0.3 is 15.5 Å². The zero-order valence-corrected chi connectivity index (χ0v) is 16.1. The van der Waals surface area contributed by atoms with Crippen molar-refractivity contribution in [2.75, 3.05) is 11.9 Å². The molecule has 0 unspecified atom stereocenters. The molecule has 0 radical (unpaired) electrons. The zero-order chi connectivity index (χ0) is 18.1. The van der Waals surface area contributed by atoms with Crippen LogP contribution in [0.1, 0.15) is 47.1 Å². The van der Waals surface area contributed by atoms with Crippen LogP contribution in [0.15, 0.2) is 24.3 Å². The average Bonchev–Trinajstić information content (AvgIpc) is 3.38. The van der Waals surface area contributed by atoms with E-state index in [-0.39, 0.29) is 24.2 Å². The Hall–Kier alpha value is -2.38. The monoisotopic (exact) mass is 389 g/mol. The summed E-state index contributed by atoms with van der Waals surface area (Å²) in [6.07, 6.45) is 3.05. The molecular formula is C19H24ClN5O2. The highest BCUT2D eigenvalue weighted by Gasteiger charge is 2.30. The van der Waals surface area contributed by atoms with Crippen molar-refractivity contribution in [2.24, 2.45) is 0 Å². The Bertz CT molecular complexity index is 829. The van der Waals surface area contributed by atoms with Crippen LogP contribution in [-0.2, 0) is 24.3 Å². The van der Waals surface area contributed by atoms with Gasteiger partial charge in [-0.3, -0.25) is 14.7 Å². The molecule has 1 fully saturated rings. The van der Waals surface area contributed by atoms with E-state index in [2.05, 4.69) is 20.8 Å². The number of hydrogen-bond donors (Lipinski definition) is 3. The third kappa shape index (κ3) is 4.31. The molecule has 0 saturated heterocycles. The van der Waals surface area contributed by atoms with Gasteiger partial charge in [0.1, 0.15) is 0 Å². The largest absolute Gasteiger partial charge is 0.336 e. The van der Waals surface area contributed by atoms with Crippen LogP contribution >= 0.6 is 12.4 Å². The average molecular weight is 390 g/mol. The van der Waals surface area contributed by atoms with Crippen LogP contribution < -0.4 is 10.6 Å². The molecule has 0 spiro atoms. The van der Waals surface area contributed by atoms with E-state index in [1.54, 1.807) is 6.92 Å². The molecule has 144 valence electrons. The molecule has 4 rings (SSSR count). The summed E-state index contributed by atoms with van der Waals surface area (Å²) in [6.45, 7) is 3.80. The van der Waals surface area contributed by atoms with E-state index in [0.29, 0.717) is 24.8 Å². The second-order valence-electron chi connectivity index (χ2n) is 6.99. The van der Waals surface area contributed by atoms with Gasteiger partial charge in [0.15, 0.2) is 5.69 Å². The minimum atomic E-state index is -0.206. The van der Waals surface area contributed by atoms with Crippen LogP contribution in [0, 0.1) is 0 Å². The van der Waals surface area contributed by atoms with E-state index in [0.717, 1.165) is 48.3 Å². The number of carbonyl (C=O) groups excluding carboxylic acids is 2. The maximum Gasteiger partial charge on any atom is 0.276 e. The van der Waals surface area contributed by atoms with E-state index in [4.69, 9.17) is 0 Å². The standard InChI is InChI=1S/C19H23N5O2.ClH/c1-12(25)24(15-6-7-15)11-13-2-4-14(5-3-13)21-19(26)18-16-10-20-9-8-17(16)22-23-18;/h2-5,15,20H,6-11H2,1H3,(H,21,26)(H,22,23);1H. The van der Waals surface area contributed by atoms with Crippen LogP contribution in [0.4, 0.5) is 5.69 Å². The van der Waals surface area contributed by atoms with E-state index in [1.165, 1.54) is 0 Å². The minimum absolute atomic E-state index is 0. The molecule has 2 heterocycles. The summed E-state index contributed by atoms with van der Waals surface area (Å²) in [7, 11) is 0. The van der Waals surface area contributed by atoms with Gasteiger partial charge in [-0.1, -0.05) is 12.1 Å². The molecule has 1 aromatic carbocycles.